The number of rotatable bonds is 8. The molecule has 9 heteroatoms. The first-order chi connectivity index (χ1) is 15.5. The second kappa shape index (κ2) is 11.1. The van der Waals surface area contributed by atoms with Crippen LogP contribution in [0.1, 0.15) is 22.8 Å². The molecule has 162 valence electrons. The van der Waals surface area contributed by atoms with Crippen LogP contribution in [0.3, 0.4) is 0 Å². The van der Waals surface area contributed by atoms with Gasteiger partial charge in [-0.1, -0.05) is 23.4 Å². The van der Waals surface area contributed by atoms with E-state index in [1.807, 2.05) is 25.1 Å². The number of ether oxygens (including phenoxy) is 1. The minimum atomic E-state index is -1.38. The molecule has 0 aliphatic carbocycles. The maximum absolute atomic E-state index is 13.7. The SMILES string of the molecule is CCO/N=C(\Cn1cc(C(=O)[O-])c2cc(F)ccc21)c1cccc(Oc2ccccn2)c1.[Na+]. The van der Waals surface area contributed by atoms with E-state index in [0.717, 1.165) is 0 Å². The fraction of sp³-hybridized carbons (Fsp3) is 0.125. The van der Waals surface area contributed by atoms with Gasteiger partial charge in [-0.2, -0.15) is 0 Å². The molecular formula is C24H19FN3NaO4. The van der Waals surface area contributed by atoms with Gasteiger partial charge in [0.05, 0.1) is 12.5 Å². The number of carboxylic acids is 1. The first kappa shape index (κ1) is 24.4. The van der Waals surface area contributed by atoms with E-state index in [1.54, 1.807) is 35.0 Å². The minimum absolute atomic E-state index is 0. The molecule has 0 spiro atoms. The van der Waals surface area contributed by atoms with E-state index in [-0.39, 0.29) is 47.1 Å². The third kappa shape index (κ3) is 5.78. The summed E-state index contributed by atoms with van der Waals surface area (Å²) in [6, 6.07) is 16.6. The van der Waals surface area contributed by atoms with Crippen LogP contribution in [0, 0.1) is 5.82 Å². The van der Waals surface area contributed by atoms with E-state index in [2.05, 4.69) is 10.1 Å². The average molecular weight is 455 g/mol. The number of fused-ring (bicyclic) bond motifs is 1. The van der Waals surface area contributed by atoms with Gasteiger partial charge in [0.15, 0.2) is 0 Å². The van der Waals surface area contributed by atoms with Crippen molar-refractivity contribution in [2.45, 2.75) is 13.5 Å². The molecule has 0 N–H and O–H groups in total. The van der Waals surface area contributed by atoms with Crippen molar-refractivity contribution in [3.8, 4) is 11.6 Å². The van der Waals surface area contributed by atoms with Crippen molar-refractivity contribution >= 4 is 22.6 Å². The Morgan fingerprint density at radius 1 is 1.15 bits per heavy atom. The number of aromatic nitrogens is 2. The molecule has 4 rings (SSSR count). The van der Waals surface area contributed by atoms with Crippen LogP contribution in [0.2, 0.25) is 0 Å². The van der Waals surface area contributed by atoms with E-state index >= 15 is 0 Å². The van der Waals surface area contributed by atoms with Gasteiger partial charge in [0, 0.05) is 40.5 Å². The van der Waals surface area contributed by atoms with Crippen molar-refractivity contribution in [3.63, 3.8) is 0 Å². The van der Waals surface area contributed by atoms with E-state index in [9.17, 15) is 14.3 Å². The molecule has 2 aromatic heterocycles. The van der Waals surface area contributed by atoms with Gasteiger partial charge >= 0.3 is 29.6 Å². The predicted octanol–water partition coefficient (Wildman–Crippen LogP) is 0.776. The molecule has 33 heavy (non-hydrogen) atoms. The van der Waals surface area contributed by atoms with Crippen LogP contribution in [0.25, 0.3) is 10.9 Å². The fourth-order valence-corrected chi connectivity index (χ4v) is 3.31. The zero-order valence-electron chi connectivity index (χ0n) is 18.2. The summed E-state index contributed by atoms with van der Waals surface area (Å²) in [7, 11) is 0. The summed E-state index contributed by atoms with van der Waals surface area (Å²) in [5.74, 6) is -0.904. The Morgan fingerprint density at radius 3 is 2.73 bits per heavy atom. The summed E-state index contributed by atoms with van der Waals surface area (Å²) in [5.41, 5.74) is 1.69. The van der Waals surface area contributed by atoms with Crippen LogP contribution in [-0.2, 0) is 11.4 Å². The monoisotopic (exact) mass is 455 g/mol. The van der Waals surface area contributed by atoms with Gasteiger partial charge < -0.3 is 24.0 Å². The second-order valence-corrected chi connectivity index (χ2v) is 6.87. The number of halogens is 1. The van der Waals surface area contributed by atoms with Crippen LogP contribution in [0.15, 0.2) is 78.2 Å². The standard InChI is InChI=1S/C24H20FN3O4.Na/c1-2-31-27-21(16-6-5-7-18(12-16)32-23-8-3-4-11-26-23)15-28-14-20(24(29)30)19-13-17(25)9-10-22(19)28;/h3-14H,2,15H2,1H3,(H,29,30);/q;+1/p-1/b27-21+;. The topological polar surface area (TPSA) is 88.8 Å². The predicted molar refractivity (Wildman–Crippen MR) is 115 cm³/mol. The summed E-state index contributed by atoms with van der Waals surface area (Å²) in [6.45, 7) is 2.35. The molecule has 0 bridgehead atoms. The summed E-state index contributed by atoms with van der Waals surface area (Å²) >= 11 is 0. The van der Waals surface area contributed by atoms with Crippen LogP contribution in [-0.4, -0.2) is 27.8 Å². The number of benzene rings is 2. The molecule has 2 aromatic carbocycles. The zero-order chi connectivity index (χ0) is 22.5. The Hall–Kier alpha value is -3.20. The van der Waals surface area contributed by atoms with E-state index in [4.69, 9.17) is 9.57 Å². The Bertz CT molecular complexity index is 1290. The van der Waals surface area contributed by atoms with Gasteiger partial charge in [0.25, 0.3) is 0 Å². The third-order valence-corrected chi connectivity index (χ3v) is 4.71. The first-order valence-corrected chi connectivity index (χ1v) is 9.93. The van der Waals surface area contributed by atoms with Crippen molar-refractivity contribution in [2.24, 2.45) is 5.16 Å². The van der Waals surface area contributed by atoms with E-state index < -0.39 is 11.8 Å². The molecule has 0 unspecified atom stereocenters. The molecule has 0 radical (unpaired) electrons. The smallest absolute Gasteiger partial charge is 0.545 e. The molecule has 0 aliphatic rings. The summed E-state index contributed by atoms with van der Waals surface area (Å²) in [6.07, 6.45) is 3.05. The average Bonchev–Trinajstić information content (AvgIpc) is 3.15. The Kier molecular flexibility index (Phi) is 8.21. The molecule has 0 saturated heterocycles. The molecule has 0 fully saturated rings. The Morgan fingerprint density at radius 2 is 2.00 bits per heavy atom. The molecule has 0 saturated carbocycles. The number of hydrogen-bond acceptors (Lipinski definition) is 6. The van der Waals surface area contributed by atoms with Crippen molar-refractivity contribution in [1.82, 2.24) is 9.55 Å². The summed E-state index contributed by atoms with van der Waals surface area (Å²) in [4.78, 5) is 21.0. The third-order valence-electron chi connectivity index (χ3n) is 4.71. The van der Waals surface area contributed by atoms with Gasteiger partial charge in [0.1, 0.15) is 23.9 Å². The van der Waals surface area contributed by atoms with Gasteiger partial charge in [-0.15, -0.1) is 0 Å². The molecule has 7 nitrogen and oxygen atoms in total. The largest absolute Gasteiger partial charge is 1.00 e. The summed E-state index contributed by atoms with van der Waals surface area (Å²) in [5, 5.41) is 16.0. The molecular weight excluding hydrogens is 436 g/mol. The number of carbonyl (C=O) groups is 1. The van der Waals surface area contributed by atoms with Gasteiger partial charge in [-0.3, -0.25) is 0 Å². The normalized spacial score (nSPS) is 11.2. The molecule has 0 atom stereocenters. The van der Waals surface area contributed by atoms with Crippen LogP contribution in [0.5, 0.6) is 11.6 Å². The van der Waals surface area contributed by atoms with Gasteiger partial charge in [0.2, 0.25) is 5.88 Å². The van der Waals surface area contributed by atoms with Crippen molar-refractivity contribution in [2.75, 3.05) is 6.61 Å². The summed E-state index contributed by atoms with van der Waals surface area (Å²) < 4.78 is 21.2. The zero-order valence-corrected chi connectivity index (χ0v) is 20.2. The van der Waals surface area contributed by atoms with Crippen molar-refractivity contribution < 1.29 is 53.4 Å². The molecule has 0 aliphatic heterocycles. The number of oxime groups is 1. The number of carbonyl (C=O) groups excluding carboxylic acids is 1. The molecule has 2 heterocycles. The number of hydrogen-bond donors (Lipinski definition) is 0. The Labute approximate surface area is 211 Å². The van der Waals surface area contributed by atoms with Gasteiger partial charge in [-0.05, 0) is 43.3 Å². The Balaban J connectivity index is 0.00000306. The number of aromatic carboxylic acids is 1. The fourth-order valence-electron chi connectivity index (χ4n) is 3.31. The molecule has 4 aromatic rings. The first-order valence-electron chi connectivity index (χ1n) is 9.93. The number of carboxylic acid groups (broad SMARTS) is 1. The molecule has 0 amide bonds. The van der Waals surface area contributed by atoms with Crippen LogP contribution < -0.4 is 39.4 Å². The van der Waals surface area contributed by atoms with E-state index in [1.165, 1.54) is 24.4 Å². The quantitative estimate of drug-likeness (QED) is 0.223. The van der Waals surface area contributed by atoms with Crippen molar-refractivity contribution in [3.05, 3.63) is 90.0 Å². The van der Waals surface area contributed by atoms with Crippen LogP contribution >= 0.6 is 0 Å². The van der Waals surface area contributed by atoms with Crippen molar-refractivity contribution in [1.29, 1.82) is 0 Å². The van der Waals surface area contributed by atoms with Crippen LogP contribution in [0.4, 0.5) is 4.39 Å². The maximum atomic E-state index is 13.7. The minimum Gasteiger partial charge on any atom is -0.545 e. The maximum Gasteiger partial charge on any atom is 1.00 e. The van der Waals surface area contributed by atoms with Gasteiger partial charge in [-0.25, -0.2) is 9.37 Å². The van der Waals surface area contributed by atoms with E-state index in [0.29, 0.717) is 35.0 Å². The second-order valence-electron chi connectivity index (χ2n) is 6.87. The number of nitrogens with zero attached hydrogens (tertiary/aromatic N) is 3. The number of pyridine rings is 1.